The summed E-state index contributed by atoms with van der Waals surface area (Å²) in [5, 5.41) is 0. The van der Waals surface area contributed by atoms with Crippen LogP contribution in [0.2, 0.25) is 0 Å². The van der Waals surface area contributed by atoms with Gasteiger partial charge in [0.15, 0.2) is 0 Å². The summed E-state index contributed by atoms with van der Waals surface area (Å²) in [6.07, 6.45) is 1.73. The third-order valence-electron chi connectivity index (χ3n) is 2.39. The van der Waals surface area contributed by atoms with Crippen LogP contribution in [-0.4, -0.2) is 33.3 Å². The molecule has 1 aliphatic rings. The van der Waals surface area contributed by atoms with E-state index in [1.807, 2.05) is 37.6 Å². The van der Waals surface area contributed by atoms with Crippen LogP contribution in [0.25, 0.3) is 0 Å². The number of aromatic nitrogens is 1. The first-order valence-electron chi connectivity index (χ1n) is 5.95. The first kappa shape index (κ1) is 13.7. The summed E-state index contributed by atoms with van der Waals surface area (Å²) in [5.74, 6) is 0.791. The molecule has 1 aromatic heterocycles. The molecule has 1 aromatic rings. The van der Waals surface area contributed by atoms with Crippen molar-refractivity contribution in [1.82, 2.24) is 9.65 Å². The van der Waals surface area contributed by atoms with E-state index in [9.17, 15) is 4.89 Å². The van der Waals surface area contributed by atoms with Crippen LogP contribution in [0.5, 0.6) is 5.75 Å². The molecule has 0 amide bonds. The summed E-state index contributed by atoms with van der Waals surface area (Å²) in [7, 11) is -1.61. The molecule has 5 nitrogen and oxygen atoms in total. The molecule has 1 unspecified atom stereocenters. The minimum Gasteiger partial charge on any atom is -0.490 e. The van der Waals surface area contributed by atoms with E-state index in [0.29, 0.717) is 19.7 Å². The normalized spacial score (nSPS) is 18.7. The second kappa shape index (κ2) is 5.49. The van der Waals surface area contributed by atoms with Crippen molar-refractivity contribution in [2.24, 2.45) is 0 Å². The summed E-state index contributed by atoms with van der Waals surface area (Å²) >= 11 is 0. The van der Waals surface area contributed by atoms with Gasteiger partial charge in [-0.25, -0.2) is 4.67 Å². The van der Waals surface area contributed by atoms with Crippen LogP contribution in [-0.2, 0) is 11.1 Å². The van der Waals surface area contributed by atoms with Gasteiger partial charge in [0.05, 0.1) is 17.8 Å². The molecule has 18 heavy (non-hydrogen) atoms. The zero-order chi connectivity index (χ0) is 13.2. The maximum Gasteiger partial charge on any atom is 0.256 e. The van der Waals surface area contributed by atoms with Crippen LogP contribution >= 0.6 is 8.53 Å². The number of pyridine rings is 1. The predicted molar refractivity (Wildman–Crippen MR) is 70.1 cm³/mol. The molecule has 1 atom stereocenters. The van der Waals surface area contributed by atoms with E-state index in [1.165, 1.54) is 0 Å². The van der Waals surface area contributed by atoms with Crippen LogP contribution < -0.4 is 4.74 Å². The Morgan fingerprint density at radius 2 is 2.28 bits per heavy atom. The summed E-state index contributed by atoms with van der Waals surface area (Å²) in [4.78, 5) is 14.4. The van der Waals surface area contributed by atoms with Gasteiger partial charge in [0.1, 0.15) is 12.4 Å². The monoisotopic (exact) mass is 270 g/mol. The van der Waals surface area contributed by atoms with Gasteiger partial charge in [-0.1, -0.05) is 0 Å². The van der Waals surface area contributed by atoms with E-state index in [1.54, 1.807) is 6.20 Å². The summed E-state index contributed by atoms with van der Waals surface area (Å²) in [5.41, 5.74) is 0.481. The minimum atomic E-state index is -1.61. The Labute approximate surface area is 109 Å². The minimum absolute atomic E-state index is 0.361. The highest BCUT2D eigenvalue weighted by Gasteiger charge is 2.27. The van der Waals surface area contributed by atoms with Crippen molar-refractivity contribution in [3.8, 4) is 5.75 Å². The topological polar surface area (TPSA) is 54.8 Å². The maximum absolute atomic E-state index is 10.1. The van der Waals surface area contributed by atoms with Crippen molar-refractivity contribution in [3.63, 3.8) is 0 Å². The molecule has 0 saturated heterocycles. The summed E-state index contributed by atoms with van der Waals surface area (Å²) in [6, 6.07) is 3.75. The summed E-state index contributed by atoms with van der Waals surface area (Å²) < 4.78 is 13.1. The Kier molecular flexibility index (Phi) is 4.17. The second-order valence-corrected chi connectivity index (χ2v) is 6.40. The van der Waals surface area contributed by atoms with Crippen LogP contribution in [0.15, 0.2) is 18.3 Å². The predicted octanol–water partition coefficient (Wildman–Crippen LogP) is 2.31. The van der Waals surface area contributed by atoms with Crippen molar-refractivity contribution in [3.05, 3.63) is 24.0 Å². The van der Waals surface area contributed by atoms with Gasteiger partial charge in [-0.15, -0.1) is 0 Å². The Hall–Kier alpha value is -0.740. The highest BCUT2D eigenvalue weighted by Crippen LogP contribution is 2.43. The molecule has 0 spiro atoms. The standard InChI is InChI=1S/C12H19N2O3P/c1-12(2,3)17-18(15)14-7-8-16-11-5-4-6-13-10(11)9-14/h4-6,15H,7-9H2,1-3H3. The first-order chi connectivity index (χ1) is 8.46. The molecule has 0 radical (unpaired) electrons. The van der Waals surface area contributed by atoms with E-state index in [0.717, 1.165) is 11.4 Å². The Bertz CT molecular complexity index is 409. The third kappa shape index (κ3) is 3.62. The number of hydrogen-bond acceptors (Lipinski definition) is 5. The Morgan fingerprint density at radius 3 is 3.00 bits per heavy atom. The van der Waals surface area contributed by atoms with Crippen molar-refractivity contribution < 1.29 is 14.2 Å². The zero-order valence-corrected chi connectivity index (χ0v) is 11.9. The highest BCUT2D eigenvalue weighted by atomic mass is 31.2. The molecular formula is C12H19N2O3P. The van der Waals surface area contributed by atoms with Gasteiger partial charge in [-0.3, -0.25) is 4.98 Å². The lowest BCUT2D eigenvalue weighted by Gasteiger charge is -2.29. The number of rotatable bonds is 2. The van der Waals surface area contributed by atoms with Gasteiger partial charge in [0, 0.05) is 12.7 Å². The molecule has 0 aliphatic carbocycles. The smallest absolute Gasteiger partial charge is 0.256 e. The lowest BCUT2D eigenvalue weighted by Crippen LogP contribution is -2.26. The molecule has 2 heterocycles. The molecule has 6 heteroatoms. The average Bonchev–Trinajstić information content (AvgIpc) is 2.48. The van der Waals surface area contributed by atoms with Gasteiger partial charge in [-0.2, -0.15) is 0 Å². The molecule has 1 N–H and O–H groups in total. The quantitative estimate of drug-likeness (QED) is 0.836. The number of nitrogens with zero attached hydrogens (tertiary/aromatic N) is 2. The van der Waals surface area contributed by atoms with Gasteiger partial charge < -0.3 is 14.2 Å². The molecule has 1 aliphatic heterocycles. The van der Waals surface area contributed by atoms with Gasteiger partial charge in [0.25, 0.3) is 8.53 Å². The van der Waals surface area contributed by atoms with Gasteiger partial charge >= 0.3 is 0 Å². The molecule has 0 fully saturated rings. The number of fused-ring (bicyclic) bond motifs is 1. The molecular weight excluding hydrogens is 251 g/mol. The van der Waals surface area contributed by atoms with Crippen LogP contribution in [0, 0.1) is 0 Å². The second-order valence-electron chi connectivity index (χ2n) is 5.14. The van der Waals surface area contributed by atoms with E-state index < -0.39 is 8.53 Å². The zero-order valence-electron chi connectivity index (χ0n) is 11.0. The Balaban J connectivity index is 2.08. The number of ether oxygens (including phenoxy) is 1. The summed E-state index contributed by atoms with van der Waals surface area (Å²) in [6.45, 7) is 7.51. The van der Waals surface area contributed by atoms with E-state index in [2.05, 4.69) is 4.98 Å². The van der Waals surface area contributed by atoms with Crippen LogP contribution in [0.3, 0.4) is 0 Å². The molecule has 0 bridgehead atoms. The fourth-order valence-corrected chi connectivity index (χ4v) is 2.75. The van der Waals surface area contributed by atoms with E-state index >= 15 is 0 Å². The van der Waals surface area contributed by atoms with Crippen molar-refractivity contribution >= 4 is 8.53 Å². The average molecular weight is 270 g/mol. The van der Waals surface area contributed by atoms with E-state index in [-0.39, 0.29) is 5.60 Å². The van der Waals surface area contributed by atoms with E-state index in [4.69, 9.17) is 9.26 Å². The molecule has 100 valence electrons. The fraction of sp³-hybridized carbons (Fsp3) is 0.583. The largest absolute Gasteiger partial charge is 0.490 e. The fourth-order valence-electron chi connectivity index (χ4n) is 1.64. The Morgan fingerprint density at radius 1 is 1.50 bits per heavy atom. The van der Waals surface area contributed by atoms with Crippen molar-refractivity contribution in [2.75, 3.05) is 13.2 Å². The lowest BCUT2D eigenvalue weighted by atomic mass is 10.2. The van der Waals surface area contributed by atoms with Crippen molar-refractivity contribution in [1.29, 1.82) is 0 Å². The third-order valence-corrected chi connectivity index (χ3v) is 3.92. The van der Waals surface area contributed by atoms with Gasteiger partial charge in [-0.05, 0) is 32.9 Å². The van der Waals surface area contributed by atoms with Crippen LogP contribution in [0.4, 0.5) is 0 Å². The molecule has 0 aromatic carbocycles. The number of hydrogen-bond donors (Lipinski definition) is 1. The van der Waals surface area contributed by atoms with Crippen LogP contribution in [0.1, 0.15) is 26.5 Å². The lowest BCUT2D eigenvalue weighted by molar-refractivity contribution is 0.111. The highest BCUT2D eigenvalue weighted by molar-refractivity contribution is 7.43. The molecule has 2 rings (SSSR count). The SMILES string of the molecule is CC(C)(C)OP(O)N1CCOc2cccnc2C1. The van der Waals surface area contributed by atoms with Crippen molar-refractivity contribution in [2.45, 2.75) is 32.9 Å². The molecule has 0 saturated carbocycles. The first-order valence-corrected chi connectivity index (χ1v) is 7.12. The van der Waals surface area contributed by atoms with Gasteiger partial charge in [0.2, 0.25) is 0 Å². The maximum atomic E-state index is 10.1.